The van der Waals surface area contributed by atoms with Gasteiger partial charge in [-0.25, -0.2) is 4.79 Å². The molecule has 4 heteroatoms. The van der Waals surface area contributed by atoms with Crippen molar-refractivity contribution in [3.8, 4) is 0 Å². The number of ether oxygens (including phenoxy) is 1. The van der Waals surface area contributed by atoms with Crippen molar-refractivity contribution in [1.82, 2.24) is 4.90 Å². The van der Waals surface area contributed by atoms with Gasteiger partial charge in [0.15, 0.2) is 0 Å². The van der Waals surface area contributed by atoms with Crippen molar-refractivity contribution in [2.75, 3.05) is 19.6 Å². The molecule has 2 N–H and O–H groups in total. The largest absolute Gasteiger partial charge is 0.443 e. The minimum absolute atomic E-state index is 0.0453. The van der Waals surface area contributed by atoms with Crippen LogP contribution in [-0.4, -0.2) is 36.2 Å². The number of carbonyl (C=O) groups is 1. The zero-order valence-electron chi connectivity index (χ0n) is 7.79. The van der Waals surface area contributed by atoms with Crippen molar-refractivity contribution in [1.29, 1.82) is 0 Å². The summed E-state index contributed by atoms with van der Waals surface area (Å²) in [5, 5.41) is 0. The molecule has 74 valence electrons. The van der Waals surface area contributed by atoms with Crippen LogP contribution in [0, 0.1) is 0 Å². The standard InChI is InChI=1S/C9H16N2O2/c10-5-1-6-11-7-4-9(2-3-9)13-8(11)12/h1-7,10H2. The zero-order valence-corrected chi connectivity index (χ0v) is 7.79. The summed E-state index contributed by atoms with van der Waals surface area (Å²) in [6, 6.07) is 0. The first-order valence-electron chi connectivity index (χ1n) is 4.94. The summed E-state index contributed by atoms with van der Waals surface area (Å²) < 4.78 is 5.34. The fourth-order valence-electron chi connectivity index (χ4n) is 1.71. The highest BCUT2D eigenvalue weighted by Gasteiger charge is 2.50. The summed E-state index contributed by atoms with van der Waals surface area (Å²) >= 11 is 0. The lowest BCUT2D eigenvalue weighted by Crippen LogP contribution is -2.43. The van der Waals surface area contributed by atoms with Gasteiger partial charge in [0.2, 0.25) is 0 Å². The second-order valence-electron chi connectivity index (χ2n) is 3.93. The van der Waals surface area contributed by atoms with Crippen LogP contribution in [0.1, 0.15) is 25.7 Å². The van der Waals surface area contributed by atoms with Crippen molar-refractivity contribution in [3.05, 3.63) is 0 Å². The Morgan fingerprint density at radius 1 is 1.46 bits per heavy atom. The van der Waals surface area contributed by atoms with Gasteiger partial charge in [0.25, 0.3) is 0 Å². The topological polar surface area (TPSA) is 55.6 Å². The van der Waals surface area contributed by atoms with Crippen molar-refractivity contribution in [3.63, 3.8) is 0 Å². The quantitative estimate of drug-likeness (QED) is 0.702. The van der Waals surface area contributed by atoms with Gasteiger partial charge in [0.1, 0.15) is 5.60 Å². The molecule has 1 aliphatic carbocycles. The molecule has 2 aliphatic rings. The van der Waals surface area contributed by atoms with Crippen LogP contribution in [0.25, 0.3) is 0 Å². The molecule has 2 fully saturated rings. The van der Waals surface area contributed by atoms with Crippen molar-refractivity contribution >= 4 is 6.09 Å². The molecule has 0 bridgehead atoms. The molecular formula is C9H16N2O2. The van der Waals surface area contributed by atoms with Crippen LogP contribution in [0.2, 0.25) is 0 Å². The van der Waals surface area contributed by atoms with Crippen LogP contribution in [0.5, 0.6) is 0 Å². The Hall–Kier alpha value is -0.770. The van der Waals surface area contributed by atoms with E-state index in [1.807, 2.05) is 0 Å². The van der Waals surface area contributed by atoms with Crippen molar-refractivity contribution < 1.29 is 9.53 Å². The minimum atomic E-state index is -0.141. The van der Waals surface area contributed by atoms with Crippen molar-refractivity contribution in [2.24, 2.45) is 5.73 Å². The fourth-order valence-corrected chi connectivity index (χ4v) is 1.71. The van der Waals surface area contributed by atoms with Gasteiger partial charge >= 0.3 is 6.09 Å². The molecular weight excluding hydrogens is 168 g/mol. The Bertz CT molecular complexity index is 214. The summed E-state index contributed by atoms with van der Waals surface area (Å²) in [5.74, 6) is 0. The number of amides is 1. The first-order valence-corrected chi connectivity index (χ1v) is 4.94. The Labute approximate surface area is 78.0 Å². The second-order valence-corrected chi connectivity index (χ2v) is 3.93. The van der Waals surface area contributed by atoms with Gasteiger partial charge in [0.05, 0.1) is 0 Å². The van der Waals surface area contributed by atoms with Crippen LogP contribution in [0.3, 0.4) is 0 Å². The van der Waals surface area contributed by atoms with Gasteiger partial charge in [-0.3, -0.25) is 0 Å². The van der Waals surface area contributed by atoms with Crippen LogP contribution < -0.4 is 5.73 Å². The van der Waals surface area contributed by atoms with Gasteiger partial charge in [-0.2, -0.15) is 0 Å². The highest BCUT2D eigenvalue weighted by atomic mass is 16.6. The van der Waals surface area contributed by atoms with Crippen molar-refractivity contribution in [2.45, 2.75) is 31.3 Å². The first-order chi connectivity index (χ1) is 6.26. The molecule has 1 amide bonds. The summed E-state index contributed by atoms with van der Waals surface area (Å²) in [5.41, 5.74) is 5.33. The number of nitrogens with two attached hydrogens (primary N) is 1. The SMILES string of the molecule is NCCCN1CCC2(CC2)OC1=O. The Morgan fingerprint density at radius 3 is 2.77 bits per heavy atom. The van der Waals surface area contributed by atoms with Crippen LogP contribution >= 0.6 is 0 Å². The van der Waals surface area contributed by atoms with E-state index in [-0.39, 0.29) is 11.7 Å². The molecule has 0 unspecified atom stereocenters. The Morgan fingerprint density at radius 2 is 2.23 bits per heavy atom. The first kappa shape index (κ1) is 8.81. The van der Waals surface area contributed by atoms with Gasteiger partial charge in [0, 0.05) is 19.5 Å². The van der Waals surface area contributed by atoms with E-state index in [1.165, 1.54) is 0 Å². The molecule has 1 aliphatic heterocycles. The Balaban J connectivity index is 1.83. The van der Waals surface area contributed by atoms with E-state index in [1.54, 1.807) is 4.90 Å². The lowest BCUT2D eigenvalue weighted by atomic mass is 10.2. The predicted octanol–water partition coefficient (Wildman–Crippen LogP) is 0.710. The van der Waals surface area contributed by atoms with Crippen LogP contribution in [0.4, 0.5) is 4.79 Å². The van der Waals surface area contributed by atoms with Crippen LogP contribution in [0.15, 0.2) is 0 Å². The van der Waals surface area contributed by atoms with E-state index in [0.717, 1.165) is 38.8 Å². The maximum Gasteiger partial charge on any atom is 0.410 e. The summed E-state index contributed by atoms with van der Waals surface area (Å²) in [4.78, 5) is 13.2. The maximum absolute atomic E-state index is 11.4. The number of rotatable bonds is 3. The third-order valence-corrected chi connectivity index (χ3v) is 2.84. The number of nitrogens with zero attached hydrogens (tertiary/aromatic N) is 1. The molecule has 1 saturated heterocycles. The smallest absolute Gasteiger partial charge is 0.410 e. The molecule has 0 atom stereocenters. The third-order valence-electron chi connectivity index (χ3n) is 2.84. The zero-order chi connectivity index (χ0) is 9.31. The lowest BCUT2D eigenvalue weighted by molar-refractivity contribution is 0.0111. The average molecular weight is 184 g/mol. The normalized spacial score (nSPS) is 24.7. The summed E-state index contributed by atoms with van der Waals surface area (Å²) in [6.45, 7) is 2.22. The number of hydrogen-bond acceptors (Lipinski definition) is 3. The monoisotopic (exact) mass is 184 g/mol. The molecule has 13 heavy (non-hydrogen) atoms. The highest BCUT2D eigenvalue weighted by Crippen LogP contribution is 2.45. The molecule has 0 radical (unpaired) electrons. The fraction of sp³-hybridized carbons (Fsp3) is 0.889. The molecule has 0 aromatic heterocycles. The molecule has 1 saturated carbocycles. The van der Waals surface area contributed by atoms with E-state index >= 15 is 0 Å². The van der Waals surface area contributed by atoms with E-state index in [2.05, 4.69) is 0 Å². The van der Waals surface area contributed by atoms with E-state index in [4.69, 9.17) is 10.5 Å². The third kappa shape index (κ3) is 1.77. The summed E-state index contributed by atoms with van der Waals surface area (Å²) in [7, 11) is 0. The molecule has 1 spiro atoms. The molecule has 1 heterocycles. The van der Waals surface area contributed by atoms with Crippen LogP contribution in [-0.2, 0) is 4.74 Å². The van der Waals surface area contributed by atoms with Gasteiger partial charge in [-0.1, -0.05) is 0 Å². The molecule has 0 aromatic rings. The second kappa shape index (κ2) is 3.18. The van der Waals surface area contributed by atoms with Gasteiger partial charge < -0.3 is 15.4 Å². The van der Waals surface area contributed by atoms with E-state index in [9.17, 15) is 4.79 Å². The van der Waals surface area contributed by atoms with Gasteiger partial charge in [-0.15, -0.1) is 0 Å². The highest BCUT2D eigenvalue weighted by molar-refractivity contribution is 5.69. The van der Waals surface area contributed by atoms with Gasteiger partial charge in [-0.05, 0) is 25.8 Å². The average Bonchev–Trinajstić information content (AvgIpc) is 2.84. The minimum Gasteiger partial charge on any atom is -0.443 e. The molecule has 2 rings (SSSR count). The predicted molar refractivity (Wildman–Crippen MR) is 48.3 cm³/mol. The lowest BCUT2D eigenvalue weighted by Gasteiger charge is -2.31. The van der Waals surface area contributed by atoms with E-state index < -0.39 is 0 Å². The summed E-state index contributed by atoms with van der Waals surface area (Å²) in [6.07, 6.45) is 3.84. The number of hydrogen-bond donors (Lipinski definition) is 1. The Kier molecular flexibility index (Phi) is 2.15. The molecule has 4 nitrogen and oxygen atoms in total. The maximum atomic E-state index is 11.4. The molecule has 0 aromatic carbocycles. The number of carbonyl (C=O) groups excluding carboxylic acids is 1. The van der Waals surface area contributed by atoms with E-state index in [0.29, 0.717) is 6.54 Å².